The topological polar surface area (TPSA) is 27.7 Å². The highest BCUT2D eigenvalue weighted by atomic mass is 16.6. The van der Waals surface area contributed by atoms with Gasteiger partial charge in [-0.15, -0.1) is 0 Å². The summed E-state index contributed by atoms with van der Waals surface area (Å²) in [5, 5.41) is 0. The molecule has 210 valence electrons. The van der Waals surface area contributed by atoms with Crippen LogP contribution in [0.2, 0.25) is 0 Å². The Balaban J connectivity index is 1.26. The van der Waals surface area contributed by atoms with Crippen molar-refractivity contribution >= 4 is 0 Å². The van der Waals surface area contributed by atoms with Crippen molar-refractivity contribution in [2.45, 2.75) is 57.5 Å². The highest BCUT2D eigenvalue weighted by Gasteiger charge is 2.37. The van der Waals surface area contributed by atoms with Gasteiger partial charge in [-0.05, 0) is 47.2 Å². The molecular weight excluding hydrogens is 492 g/mol. The smallest absolute Gasteiger partial charge is 0.143 e. The molecule has 0 aliphatic heterocycles. The Morgan fingerprint density at radius 3 is 1.55 bits per heavy atom. The van der Waals surface area contributed by atoms with Crippen LogP contribution in [0.5, 0.6) is 5.75 Å². The molecule has 0 bridgehead atoms. The van der Waals surface area contributed by atoms with E-state index < -0.39 is 5.60 Å². The van der Waals surface area contributed by atoms with E-state index in [1.165, 1.54) is 44.1 Å². The largest absolute Gasteiger partial charge is 0.491 e. The third-order valence-corrected chi connectivity index (χ3v) is 7.33. The van der Waals surface area contributed by atoms with E-state index in [9.17, 15) is 0 Å². The summed E-state index contributed by atoms with van der Waals surface area (Å²) >= 11 is 0. The average molecular weight is 537 g/mol. The summed E-state index contributed by atoms with van der Waals surface area (Å²) in [5.74, 6) is 0.891. The molecule has 0 atom stereocenters. The molecular formula is C37H44O3. The maximum Gasteiger partial charge on any atom is 0.143 e. The van der Waals surface area contributed by atoms with Crippen molar-refractivity contribution in [2.24, 2.45) is 0 Å². The zero-order valence-electron chi connectivity index (χ0n) is 24.0. The van der Waals surface area contributed by atoms with Gasteiger partial charge in [-0.3, -0.25) is 0 Å². The zero-order chi connectivity index (χ0) is 27.7. The van der Waals surface area contributed by atoms with Crippen molar-refractivity contribution in [3.05, 3.63) is 138 Å². The summed E-state index contributed by atoms with van der Waals surface area (Å²) < 4.78 is 18.6. The Labute approximate surface area is 241 Å². The van der Waals surface area contributed by atoms with Crippen LogP contribution in [0, 0.1) is 0 Å². The molecule has 0 radical (unpaired) electrons. The summed E-state index contributed by atoms with van der Waals surface area (Å²) in [7, 11) is 0. The van der Waals surface area contributed by atoms with Gasteiger partial charge in [-0.2, -0.15) is 0 Å². The minimum atomic E-state index is -0.721. The summed E-state index contributed by atoms with van der Waals surface area (Å²) in [6.07, 6.45) is 9.11. The highest BCUT2D eigenvalue weighted by Crippen LogP contribution is 2.40. The van der Waals surface area contributed by atoms with Crippen molar-refractivity contribution in [3.63, 3.8) is 0 Å². The SMILES string of the molecule is CCCCCCCCc1ccc(OCCOCCOC(c2ccccc2)(c2ccccc2)c2ccccc2)cc1. The molecule has 0 N–H and O–H groups in total. The summed E-state index contributed by atoms with van der Waals surface area (Å²) in [4.78, 5) is 0. The Morgan fingerprint density at radius 1 is 0.500 bits per heavy atom. The molecule has 4 rings (SSSR count). The highest BCUT2D eigenvalue weighted by molar-refractivity contribution is 5.47. The van der Waals surface area contributed by atoms with Crippen LogP contribution < -0.4 is 4.74 Å². The molecule has 0 heterocycles. The second-order valence-corrected chi connectivity index (χ2v) is 10.3. The van der Waals surface area contributed by atoms with Gasteiger partial charge < -0.3 is 14.2 Å². The molecule has 0 saturated carbocycles. The Morgan fingerprint density at radius 2 is 1.00 bits per heavy atom. The van der Waals surface area contributed by atoms with E-state index in [2.05, 4.69) is 104 Å². The molecule has 0 spiro atoms. The molecule has 40 heavy (non-hydrogen) atoms. The maximum absolute atomic E-state index is 6.76. The van der Waals surface area contributed by atoms with Crippen LogP contribution in [0.1, 0.15) is 67.7 Å². The maximum atomic E-state index is 6.76. The van der Waals surface area contributed by atoms with E-state index in [1.807, 2.05) is 18.2 Å². The van der Waals surface area contributed by atoms with Crippen LogP contribution in [0.25, 0.3) is 0 Å². The minimum absolute atomic E-state index is 0.450. The molecule has 3 heteroatoms. The van der Waals surface area contributed by atoms with Gasteiger partial charge in [0.1, 0.15) is 18.0 Å². The molecule has 3 nitrogen and oxygen atoms in total. The van der Waals surface area contributed by atoms with E-state index >= 15 is 0 Å². The fraction of sp³-hybridized carbons (Fsp3) is 0.351. The van der Waals surface area contributed by atoms with Crippen molar-refractivity contribution in [1.29, 1.82) is 0 Å². The first-order chi connectivity index (χ1) is 19.8. The first kappa shape index (κ1) is 29.6. The Hall–Kier alpha value is -3.40. The molecule has 0 saturated heterocycles. The number of hydrogen-bond acceptors (Lipinski definition) is 3. The van der Waals surface area contributed by atoms with E-state index in [0.717, 1.165) is 28.9 Å². The lowest BCUT2D eigenvalue weighted by Crippen LogP contribution is -2.34. The molecule has 0 unspecified atom stereocenters. The Bertz CT molecular complexity index is 1090. The van der Waals surface area contributed by atoms with Crippen LogP contribution in [-0.2, 0) is 21.5 Å². The van der Waals surface area contributed by atoms with E-state index in [4.69, 9.17) is 14.2 Å². The lowest BCUT2D eigenvalue weighted by molar-refractivity contribution is -0.0271. The van der Waals surface area contributed by atoms with Crippen molar-refractivity contribution in [2.75, 3.05) is 26.4 Å². The number of ether oxygens (including phenoxy) is 3. The average Bonchev–Trinajstić information content (AvgIpc) is 3.02. The van der Waals surface area contributed by atoms with Gasteiger partial charge in [0.15, 0.2) is 0 Å². The van der Waals surface area contributed by atoms with Gasteiger partial charge in [0.2, 0.25) is 0 Å². The Kier molecular flexibility index (Phi) is 12.3. The predicted octanol–water partition coefficient (Wildman–Crippen LogP) is 8.99. The molecule has 0 aliphatic carbocycles. The standard InChI is InChI=1S/C37H44O3/c1-2-3-4-5-6-10-17-32-24-26-36(27-25-32)39-30-28-38-29-31-40-37(33-18-11-7-12-19-33,34-20-13-8-14-21-34)35-22-15-9-16-23-35/h7-9,11-16,18-27H,2-6,10,17,28-31H2,1H3. The monoisotopic (exact) mass is 536 g/mol. The predicted molar refractivity (Wildman–Crippen MR) is 165 cm³/mol. The first-order valence-corrected chi connectivity index (χ1v) is 14.9. The second kappa shape index (κ2) is 16.6. The van der Waals surface area contributed by atoms with Gasteiger partial charge in [-0.25, -0.2) is 0 Å². The number of hydrogen-bond donors (Lipinski definition) is 0. The zero-order valence-corrected chi connectivity index (χ0v) is 24.0. The van der Waals surface area contributed by atoms with Gasteiger partial charge >= 0.3 is 0 Å². The minimum Gasteiger partial charge on any atom is -0.491 e. The quantitative estimate of drug-likeness (QED) is 0.0938. The fourth-order valence-electron chi connectivity index (χ4n) is 5.20. The second-order valence-electron chi connectivity index (χ2n) is 10.3. The van der Waals surface area contributed by atoms with Gasteiger partial charge in [0.05, 0.1) is 19.8 Å². The van der Waals surface area contributed by atoms with Crippen molar-refractivity contribution in [1.82, 2.24) is 0 Å². The van der Waals surface area contributed by atoms with E-state index in [1.54, 1.807) is 0 Å². The van der Waals surface area contributed by atoms with Crippen molar-refractivity contribution < 1.29 is 14.2 Å². The summed E-state index contributed by atoms with van der Waals surface area (Å²) in [6, 6.07) is 39.8. The number of rotatable bonds is 18. The lowest BCUT2D eigenvalue weighted by atomic mass is 9.80. The molecule has 0 amide bonds. The van der Waals surface area contributed by atoms with Crippen LogP contribution in [0.15, 0.2) is 115 Å². The van der Waals surface area contributed by atoms with E-state index in [-0.39, 0.29) is 0 Å². The van der Waals surface area contributed by atoms with Gasteiger partial charge in [-0.1, -0.05) is 142 Å². The molecule has 0 aromatic heterocycles. The first-order valence-electron chi connectivity index (χ1n) is 14.9. The molecule has 4 aromatic carbocycles. The van der Waals surface area contributed by atoms with Crippen LogP contribution in [0.4, 0.5) is 0 Å². The van der Waals surface area contributed by atoms with Gasteiger partial charge in [0.25, 0.3) is 0 Å². The third-order valence-electron chi connectivity index (χ3n) is 7.33. The normalized spacial score (nSPS) is 11.4. The molecule has 0 aliphatic rings. The third kappa shape index (κ3) is 8.55. The fourth-order valence-corrected chi connectivity index (χ4v) is 5.20. The number of aryl methyl sites for hydroxylation is 1. The van der Waals surface area contributed by atoms with Crippen molar-refractivity contribution in [3.8, 4) is 5.75 Å². The summed E-state index contributed by atoms with van der Waals surface area (Å²) in [5.41, 5.74) is 3.94. The summed E-state index contributed by atoms with van der Waals surface area (Å²) in [6.45, 7) is 4.22. The van der Waals surface area contributed by atoms with Crippen LogP contribution >= 0.6 is 0 Å². The van der Waals surface area contributed by atoms with E-state index in [0.29, 0.717) is 26.4 Å². The lowest BCUT2D eigenvalue weighted by Gasteiger charge is -2.36. The number of unbranched alkanes of at least 4 members (excludes halogenated alkanes) is 5. The number of benzene rings is 4. The van der Waals surface area contributed by atoms with Crippen LogP contribution in [-0.4, -0.2) is 26.4 Å². The van der Waals surface area contributed by atoms with Gasteiger partial charge in [0, 0.05) is 0 Å². The molecule has 0 fully saturated rings. The van der Waals surface area contributed by atoms with Crippen LogP contribution in [0.3, 0.4) is 0 Å². The molecule has 4 aromatic rings.